The van der Waals surface area contributed by atoms with Gasteiger partial charge in [-0.15, -0.1) is 0 Å². The summed E-state index contributed by atoms with van der Waals surface area (Å²) in [7, 11) is -3.75. The van der Waals surface area contributed by atoms with Gasteiger partial charge in [-0.25, -0.2) is 17.5 Å². The first-order chi connectivity index (χ1) is 9.42. The second-order valence-corrected chi connectivity index (χ2v) is 6.33. The molecule has 1 unspecified atom stereocenters. The predicted octanol–water partition coefficient (Wildman–Crippen LogP) is -0.159. The number of amides is 1. The van der Waals surface area contributed by atoms with Crippen molar-refractivity contribution in [2.75, 3.05) is 6.54 Å². The van der Waals surface area contributed by atoms with E-state index in [4.69, 9.17) is 5.73 Å². The molecule has 1 fully saturated rings. The van der Waals surface area contributed by atoms with Crippen molar-refractivity contribution < 1.29 is 17.6 Å². The van der Waals surface area contributed by atoms with Crippen molar-refractivity contribution in [3.8, 4) is 0 Å². The summed E-state index contributed by atoms with van der Waals surface area (Å²) in [5.41, 5.74) is 5.50. The monoisotopic (exact) mass is 301 g/mol. The molecule has 1 heterocycles. The Morgan fingerprint density at radius 3 is 2.80 bits per heavy atom. The number of halogens is 1. The Morgan fingerprint density at radius 1 is 1.45 bits per heavy atom. The number of nitrogens with one attached hydrogen (secondary N) is 2. The summed E-state index contributed by atoms with van der Waals surface area (Å²) in [5, 5.41) is 2.59. The van der Waals surface area contributed by atoms with Crippen LogP contribution >= 0.6 is 0 Å². The molecule has 0 radical (unpaired) electrons. The Labute approximate surface area is 116 Å². The molecule has 1 amide bonds. The molecule has 0 bridgehead atoms. The maximum atomic E-state index is 13.3. The summed E-state index contributed by atoms with van der Waals surface area (Å²) in [6.07, 6.45) is 0.723. The van der Waals surface area contributed by atoms with Crippen molar-refractivity contribution in [3.05, 3.63) is 29.6 Å². The van der Waals surface area contributed by atoms with Crippen molar-refractivity contribution in [2.24, 2.45) is 5.73 Å². The van der Waals surface area contributed by atoms with Gasteiger partial charge >= 0.3 is 0 Å². The molecule has 0 saturated carbocycles. The molecule has 20 heavy (non-hydrogen) atoms. The molecular weight excluding hydrogens is 285 g/mol. The number of piperidine rings is 1. The number of rotatable bonds is 4. The van der Waals surface area contributed by atoms with Gasteiger partial charge < -0.3 is 11.1 Å². The van der Waals surface area contributed by atoms with Crippen LogP contribution in [0.3, 0.4) is 0 Å². The fraction of sp³-hybridized carbons (Fsp3) is 0.417. The fourth-order valence-corrected chi connectivity index (χ4v) is 3.32. The Hall–Kier alpha value is -1.51. The van der Waals surface area contributed by atoms with Crippen LogP contribution in [0.5, 0.6) is 0 Å². The van der Waals surface area contributed by atoms with Crippen LogP contribution in [0.4, 0.5) is 4.39 Å². The van der Waals surface area contributed by atoms with E-state index in [1.165, 1.54) is 12.1 Å². The number of hydrogen-bond donors (Lipinski definition) is 3. The van der Waals surface area contributed by atoms with Gasteiger partial charge in [-0.1, -0.05) is 0 Å². The van der Waals surface area contributed by atoms with Gasteiger partial charge in [0.15, 0.2) is 0 Å². The Kier molecular flexibility index (Phi) is 4.36. The lowest BCUT2D eigenvalue weighted by atomic mass is 10.1. The summed E-state index contributed by atoms with van der Waals surface area (Å²) in [4.78, 5) is 11.0. The van der Waals surface area contributed by atoms with Crippen molar-refractivity contribution >= 4 is 15.9 Å². The lowest BCUT2D eigenvalue weighted by Crippen LogP contribution is -2.47. The van der Waals surface area contributed by atoms with E-state index in [1.807, 2.05) is 0 Å². The SMILES string of the molecule is NCc1cc(S(=O)(=O)NC2CCC(=O)NC2)ccc1F. The maximum Gasteiger partial charge on any atom is 0.240 e. The van der Waals surface area contributed by atoms with Crippen LogP contribution in [0.25, 0.3) is 0 Å². The lowest BCUT2D eigenvalue weighted by molar-refractivity contribution is -0.122. The summed E-state index contributed by atoms with van der Waals surface area (Å²) < 4.78 is 40.2. The third-order valence-electron chi connectivity index (χ3n) is 3.13. The molecule has 1 aromatic rings. The molecule has 1 aliphatic heterocycles. The van der Waals surface area contributed by atoms with Crippen molar-refractivity contribution in [1.29, 1.82) is 0 Å². The van der Waals surface area contributed by atoms with Crippen LogP contribution in [0.2, 0.25) is 0 Å². The number of hydrogen-bond acceptors (Lipinski definition) is 4. The summed E-state index contributed by atoms with van der Waals surface area (Å²) in [5.74, 6) is -0.621. The van der Waals surface area contributed by atoms with Gasteiger partial charge in [-0.2, -0.15) is 0 Å². The molecule has 2 rings (SSSR count). The predicted molar refractivity (Wildman–Crippen MR) is 70.6 cm³/mol. The number of nitrogens with two attached hydrogens (primary N) is 1. The van der Waals surface area contributed by atoms with Gasteiger partial charge in [0.1, 0.15) is 5.82 Å². The average molecular weight is 301 g/mol. The van der Waals surface area contributed by atoms with Crippen LogP contribution in [0.1, 0.15) is 18.4 Å². The number of sulfonamides is 1. The highest BCUT2D eigenvalue weighted by atomic mass is 32.2. The highest BCUT2D eigenvalue weighted by Gasteiger charge is 2.24. The largest absolute Gasteiger partial charge is 0.355 e. The number of carbonyl (C=O) groups excluding carboxylic acids is 1. The first kappa shape index (κ1) is 14.9. The average Bonchev–Trinajstić information content (AvgIpc) is 2.41. The molecule has 1 aliphatic rings. The van der Waals surface area contributed by atoms with Crippen LogP contribution in [-0.2, 0) is 21.4 Å². The van der Waals surface area contributed by atoms with Crippen LogP contribution in [0, 0.1) is 5.82 Å². The van der Waals surface area contributed by atoms with E-state index in [9.17, 15) is 17.6 Å². The van der Waals surface area contributed by atoms with Gasteiger partial charge in [0.05, 0.1) is 4.90 Å². The number of benzene rings is 1. The molecule has 4 N–H and O–H groups in total. The zero-order valence-corrected chi connectivity index (χ0v) is 11.5. The topological polar surface area (TPSA) is 101 Å². The Balaban J connectivity index is 2.16. The lowest BCUT2D eigenvalue weighted by Gasteiger charge is -2.23. The fourth-order valence-electron chi connectivity index (χ4n) is 2.00. The quantitative estimate of drug-likeness (QED) is 0.719. The van der Waals surface area contributed by atoms with E-state index in [-0.39, 0.29) is 41.9 Å². The van der Waals surface area contributed by atoms with E-state index in [2.05, 4.69) is 10.0 Å². The smallest absolute Gasteiger partial charge is 0.240 e. The molecule has 1 saturated heterocycles. The zero-order chi connectivity index (χ0) is 14.8. The maximum absolute atomic E-state index is 13.3. The molecule has 6 nitrogen and oxygen atoms in total. The normalized spacial score (nSPS) is 19.7. The van der Waals surface area contributed by atoms with Crippen LogP contribution in [0.15, 0.2) is 23.1 Å². The minimum Gasteiger partial charge on any atom is -0.355 e. The van der Waals surface area contributed by atoms with E-state index in [1.54, 1.807) is 0 Å². The molecule has 1 aromatic carbocycles. The van der Waals surface area contributed by atoms with Crippen molar-refractivity contribution in [2.45, 2.75) is 30.3 Å². The van der Waals surface area contributed by atoms with Gasteiger partial charge in [0.25, 0.3) is 0 Å². The zero-order valence-electron chi connectivity index (χ0n) is 10.7. The summed E-state index contributed by atoms with van der Waals surface area (Å²) in [6, 6.07) is 3.14. The molecule has 0 spiro atoms. The molecular formula is C12H16FN3O3S. The Bertz CT molecular complexity index is 608. The van der Waals surface area contributed by atoms with E-state index in [0.717, 1.165) is 6.07 Å². The van der Waals surface area contributed by atoms with E-state index < -0.39 is 15.8 Å². The Morgan fingerprint density at radius 2 is 2.20 bits per heavy atom. The van der Waals surface area contributed by atoms with Crippen molar-refractivity contribution in [1.82, 2.24) is 10.0 Å². The third-order valence-corrected chi connectivity index (χ3v) is 4.65. The van der Waals surface area contributed by atoms with Gasteiger partial charge in [0, 0.05) is 31.1 Å². The second kappa shape index (κ2) is 5.86. The van der Waals surface area contributed by atoms with Gasteiger partial charge in [-0.05, 0) is 24.6 Å². The minimum absolute atomic E-state index is 0.0312. The first-order valence-electron chi connectivity index (χ1n) is 6.20. The van der Waals surface area contributed by atoms with Crippen LogP contribution < -0.4 is 15.8 Å². The molecule has 0 aromatic heterocycles. The highest BCUT2D eigenvalue weighted by molar-refractivity contribution is 7.89. The van der Waals surface area contributed by atoms with E-state index >= 15 is 0 Å². The summed E-state index contributed by atoms with van der Waals surface area (Å²) >= 11 is 0. The van der Waals surface area contributed by atoms with Gasteiger partial charge in [-0.3, -0.25) is 4.79 Å². The summed E-state index contributed by atoms with van der Waals surface area (Å²) in [6.45, 7) is 0.178. The van der Waals surface area contributed by atoms with Crippen molar-refractivity contribution in [3.63, 3.8) is 0 Å². The van der Waals surface area contributed by atoms with Gasteiger partial charge in [0.2, 0.25) is 15.9 Å². The third kappa shape index (κ3) is 3.33. The highest BCUT2D eigenvalue weighted by Crippen LogP contribution is 2.16. The first-order valence-corrected chi connectivity index (χ1v) is 7.68. The standard InChI is InChI=1S/C12H16FN3O3S/c13-11-3-2-10(5-8(11)6-14)20(18,19)16-9-1-4-12(17)15-7-9/h2-3,5,9,16H,1,4,6-7,14H2,(H,15,17). The minimum atomic E-state index is -3.75. The second-order valence-electron chi connectivity index (χ2n) is 4.62. The van der Waals surface area contributed by atoms with Crippen LogP contribution in [-0.4, -0.2) is 26.9 Å². The molecule has 1 atom stereocenters. The number of carbonyl (C=O) groups is 1. The molecule has 110 valence electrons. The molecule has 0 aliphatic carbocycles. The van der Waals surface area contributed by atoms with E-state index in [0.29, 0.717) is 6.42 Å². The molecule has 8 heteroatoms.